The van der Waals surface area contributed by atoms with E-state index in [1.54, 1.807) is 11.1 Å². The molecule has 1 heterocycles. The molecule has 1 saturated carbocycles. The Morgan fingerprint density at radius 3 is 2.72 bits per heavy atom. The Hall–Kier alpha value is -1.11. The van der Waals surface area contributed by atoms with Crippen molar-refractivity contribution in [2.24, 2.45) is 5.41 Å². The number of nitrogens with zero attached hydrogens (tertiary/aromatic N) is 1. The van der Waals surface area contributed by atoms with Gasteiger partial charge in [0, 0.05) is 6.20 Å². The minimum absolute atomic E-state index is 0.675. The van der Waals surface area contributed by atoms with E-state index < -0.39 is 0 Å². The summed E-state index contributed by atoms with van der Waals surface area (Å²) in [5, 5.41) is 0. The molecule has 0 N–H and O–H groups in total. The van der Waals surface area contributed by atoms with Gasteiger partial charge in [-0.05, 0) is 61.6 Å². The largest absolute Gasteiger partial charge is 0.257 e. The third-order valence-electron chi connectivity index (χ3n) is 4.58. The van der Waals surface area contributed by atoms with Gasteiger partial charge in [-0.25, -0.2) is 0 Å². The number of rotatable bonds is 5. The Labute approximate surface area is 110 Å². The van der Waals surface area contributed by atoms with Crippen LogP contribution in [0.25, 0.3) is 5.57 Å². The molecule has 0 radical (unpaired) electrons. The van der Waals surface area contributed by atoms with Crippen LogP contribution in [0.15, 0.2) is 30.0 Å². The van der Waals surface area contributed by atoms with Crippen molar-refractivity contribution in [1.29, 1.82) is 0 Å². The molecular weight excluding hydrogens is 218 g/mol. The van der Waals surface area contributed by atoms with Gasteiger partial charge in [-0.15, -0.1) is 0 Å². The highest BCUT2D eigenvalue weighted by atomic mass is 14.7. The average Bonchev–Trinajstić information content (AvgIpc) is 3.05. The molecule has 1 aromatic heterocycles. The minimum atomic E-state index is 0.675. The fourth-order valence-corrected chi connectivity index (χ4v) is 3.29. The van der Waals surface area contributed by atoms with E-state index in [1.807, 2.05) is 12.3 Å². The third-order valence-corrected chi connectivity index (χ3v) is 4.58. The Morgan fingerprint density at radius 1 is 1.17 bits per heavy atom. The lowest BCUT2D eigenvalue weighted by Gasteiger charge is -2.06. The summed E-state index contributed by atoms with van der Waals surface area (Å²) in [5.41, 5.74) is 5.23. The van der Waals surface area contributed by atoms with E-state index in [2.05, 4.69) is 24.0 Å². The number of hydrogen-bond acceptors (Lipinski definition) is 1. The van der Waals surface area contributed by atoms with Gasteiger partial charge in [0.2, 0.25) is 0 Å². The maximum Gasteiger partial charge on any atom is 0.0661 e. The van der Waals surface area contributed by atoms with Gasteiger partial charge in [-0.1, -0.05) is 31.4 Å². The highest BCUT2D eigenvalue weighted by Gasteiger charge is 2.47. The summed E-state index contributed by atoms with van der Waals surface area (Å²) in [6.07, 6.45) is 12.8. The van der Waals surface area contributed by atoms with Crippen LogP contribution < -0.4 is 0 Å². The first-order valence-electron chi connectivity index (χ1n) is 7.45. The summed E-state index contributed by atoms with van der Waals surface area (Å²) >= 11 is 0. The molecule has 0 amide bonds. The fraction of sp³-hybridized carbons (Fsp3) is 0.588. The zero-order valence-electron chi connectivity index (χ0n) is 11.4. The fourth-order valence-electron chi connectivity index (χ4n) is 3.29. The Kier molecular flexibility index (Phi) is 3.23. The zero-order chi connectivity index (χ0) is 12.4. The van der Waals surface area contributed by atoms with Crippen LogP contribution in [0.5, 0.6) is 0 Å². The summed E-state index contributed by atoms with van der Waals surface area (Å²) in [6, 6.07) is 6.33. The van der Waals surface area contributed by atoms with E-state index in [9.17, 15) is 0 Å². The molecule has 0 unspecified atom stereocenters. The summed E-state index contributed by atoms with van der Waals surface area (Å²) in [4.78, 5) is 4.57. The molecular formula is C17H23N. The molecule has 1 spiro atoms. The van der Waals surface area contributed by atoms with Crippen LogP contribution in [-0.2, 0) is 0 Å². The first kappa shape index (κ1) is 12.0. The predicted octanol–water partition coefficient (Wildman–Crippen LogP) is 4.99. The average molecular weight is 241 g/mol. The summed E-state index contributed by atoms with van der Waals surface area (Å²) in [7, 11) is 0. The molecule has 0 aliphatic heterocycles. The van der Waals surface area contributed by atoms with Gasteiger partial charge in [-0.2, -0.15) is 0 Å². The number of hydrogen-bond donors (Lipinski definition) is 0. The van der Waals surface area contributed by atoms with Crippen molar-refractivity contribution in [3.05, 3.63) is 35.7 Å². The van der Waals surface area contributed by atoms with Gasteiger partial charge in [0.15, 0.2) is 0 Å². The van der Waals surface area contributed by atoms with Crippen molar-refractivity contribution in [2.45, 2.75) is 58.3 Å². The maximum atomic E-state index is 4.57. The number of allylic oxidation sites excluding steroid dienone is 2. The van der Waals surface area contributed by atoms with E-state index in [4.69, 9.17) is 0 Å². The Balaban J connectivity index is 1.79. The molecule has 2 aliphatic carbocycles. The second-order valence-electron chi connectivity index (χ2n) is 6.11. The van der Waals surface area contributed by atoms with Gasteiger partial charge in [0.25, 0.3) is 0 Å². The smallest absolute Gasteiger partial charge is 0.0661 e. The van der Waals surface area contributed by atoms with Gasteiger partial charge in [0.1, 0.15) is 0 Å². The normalized spacial score (nSPS) is 20.7. The zero-order valence-corrected chi connectivity index (χ0v) is 11.4. The Morgan fingerprint density at radius 2 is 2.06 bits per heavy atom. The van der Waals surface area contributed by atoms with Gasteiger partial charge in [0.05, 0.1) is 5.69 Å². The molecule has 1 fully saturated rings. The van der Waals surface area contributed by atoms with Crippen LogP contribution in [0.2, 0.25) is 0 Å². The monoisotopic (exact) mass is 241 g/mol. The quantitative estimate of drug-likeness (QED) is 0.662. The lowest BCUT2D eigenvalue weighted by atomic mass is 10.0. The second kappa shape index (κ2) is 4.87. The number of pyridine rings is 1. The van der Waals surface area contributed by atoms with Gasteiger partial charge in [-0.3, -0.25) is 4.98 Å². The molecule has 96 valence electrons. The van der Waals surface area contributed by atoms with Crippen molar-refractivity contribution < 1.29 is 0 Å². The highest BCUT2D eigenvalue weighted by Crippen LogP contribution is 2.61. The standard InChI is InChI=1S/C17H23N/c1-2-3-4-7-14-12-17(9-10-17)13-15(14)16-8-5-6-11-18-16/h5-6,8,11H,2-4,7,9-10,12-13H2,1H3. The van der Waals surface area contributed by atoms with Crippen molar-refractivity contribution in [3.63, 3.8) is 0 Å². The van der Waals surface area contributed by atoms with Crippen LogP contribution >= 0.6 is 0 Å². The molecule has 18 heavy (non-hydrogen) atoms. The first-order chi connectivity index (χ1) is 8.83. The molecule has 0 saturated heterocycles. The molecule has 1 aromatic rings. The molecule has 0 atom stereocenters. The molecule has 0 bridgehead atoms. The molecule has 2 aliphatic rings. The molecule has 3 rings (SSSR count). The molecule has 0 aromatic carbocycles. The van der Waals surface area contributed by atoms with Crippen molar-refractivity contribution in [1.82, 2.24) is 4.98 Å². The number of aromatic nitrogens is 1. The second-order valence-corrected chi connectivity index (χ2v) is 6.11. The third kappa shape index (κ3) is 2.36. The lowest BCUT2D eigenvalue weighted by Crippen LogP contribution is -1.93. The van der Waals surface area contributed by atoms with Gasteiger partial charge < -0.3 is 0 Å². The van der Waals surface area contributed by atoms with E-state index in [-0.39, 0.29) is 0 Å². The Bertz CT molecular complexity index is 440. The van der Waals surface area contributed by atoms with E-state index in [0.29, 0.717) is 5.41 Å². The summed E-state index contributed by atoms with van der Waals surface area (Å²) in [5.74, 6) is 0. The molecule has 1 heteroatoms. The summed E-state index contributed by atoms with van der Waals surface area (Å²) < 4.78 is 0. The molecule has 1 nitrogen and oxygen atoms in total. The minimum Gasteiger partial charge on any atom is -0.257 e. The van der Waals surface area contributed by atoms with E-state index in [1.165, 1.54) is 57.1 Å². The van der Waals surface area contributed by atoms with E-state index in [0.717, 1.165) is 0 Å². The first-order valence-corrected chi connectivity index (χ1v) is 7.45. The van der Waals surface area contributed by atoms with Crippen LogP contribution in [0.3, 0.4) is 0 Å². The lowest BCUT2D eigenvalue weighted by molar-refractivity contribution is 0.542. The van der Waals surface area contributed by atoms with E-state index >= 15 is 0 Å². The van der Waals surface area contributed by atoms with Crippen LogP contribution in [0, 0.1) is 5.41 Å². The van der Waals surface area contributed by atoms with Crippen molar-refractivity contribution in [2.75, 3.05) is 0 Å². The summed E-state index contributed by atoms with van der Waals surface area (Å²) in [6.45, 7) is 2.28. The van der Waals surface area contributed by atoms with Crippen LogP contribution in [0.1, 0.15) is 64.0 Å². The van der Waals surface area contributed by atoms with Gasteiger partial charge >= 0.3 is 0 Å². The van der Waals surface area contributed by atoms with Crippen molar-refractivity contribution >= 4 is 5.57 Å². The highest BCUT2D eigenvalue weighted by molar-refractivity contribution is 5.70. The topological polar surface area (TPSA) is 12.9 Å². The predicted molar refractivity (Wildman–Crippen MR) is 76.2 cm³/mol. The van der Waals surface area contributed by atoms with Crippen molar-refractivity contribution in [3.8, 4) is 0 Å². The SMILES string of the molecule is CCCCCC1=C(c2ccccn2)CC2(CC2)C1. The van der Waals surface area contributed by atoms with Crippen LogP contribution in [-0.4, -0.2) is 4.98 Å². The van der Waals surface area contributed by atoms with Crippen LogP contribution in [0.4, 0.5) is 0 Å². The number of unbranched alkanes of at least 4 members (excludes halogenated alkanes) is 2. The maximum absolute atomic E-state index is 4.57.